The van der Waals surface area contributed by atoms with Crippen molar-refractivity contribution in [3.8, 4) is 0 Å². The first-order chi connectivity index (χ1) is 12.6. The van der Waals surface area contributed by atoms with Crippen LogP contribution in [0, 0.1) is 11.6 Å². The SMILES string of the molecule is O=C1C(Cc2ccc(F)cc2)c2ccccc2N1Cc1ccc(F)cc1. The number of anilines is 1. The Bertz CT molecular complexity index is 859. The minimum Gasteiger partial charge on any atom is -0.307 e. The van der Waals surface area contributed by atoms with Crippen molar-refractivity contribution in [3.63, 3.8) is 0 Å². The van der Waals surface area contributed by atoms with Crippen LogP contribution in [0.15, 0.2) is 72.8 Å². The molecule has 0 aliphatic carbocycles. The van der Waals surface area contributed by atoms with Crippen LogP contribution < -0.4 is 4.90 Å². The van der Waals surface area contributed by atoms with Crippen LogP contribution >= 0.6 is 0 Å². The zero-order valence-electron chi connectivity index (χ0n) is 14.0. The Morgan fingerprint density at radius 2 is 1.35 bits per heavy atom. The van der Waals surface area contributed by atoms with Gasteiger partial charge in [-0.3, -0.25) is 4.79 Å². The highest BCUT2D eigenvalue weighted by atomic mass is 19.1. The van der Waals surface area contributed by atoms with Gasteiger partial charge in [-0.2, -0.15) is 0 Å². The zero-order chi connectivity index (χ0) is 18.1. The third-order valence-electron chi connectivity index (χ3n) is 4.77. The van der Waals surface area contributed by atoms with Crippen LogP contribution in [0.25, 0.3) is 0 Å². The summed E-state index contributed by atoms with van der Waals surface area (Å²) in [7, 11) is 0. The van der Waals surface area contributed by atoms with Crippen LogP contribution in [0.1, 0.15) is 22.6 Å². The minimum atomic E-state index is -0.295. The van der Waals surface area contributed by atoms with E-state index in [-0.39, 0.29) is 23.5 Å². The molecule has 0 fully saturated rings. The standard InChI is InChI=1S/C22H17F2NO/c23-17-9-5-15(6-10-17)13-20-19-3-1-2-4-21(19)25(22(20)26)14-16-7-11-18(24)12-8-16/h1-12,20H,13-14H2. The Kier molecular flexibility index (Phi) is 4.25. The van der Waals surface area contributed by atoms with E-state index in [2.05, 4.69) is 0 Å². The van der Waals surface area contributed by atoms with Crippen molar-refractivity contribution >= 4 is 11.6 Å². The molecule has 0 spiro atoms. The molecule has 3 aromatic rings. The predicted octanol–water partition coefficient (Wildman–Crippen LogP) is 4.84. The highest BCUT2D eigenvalue weighted by Gasteiger charge is 2.36. The molecule has 0 N–H and O–H groups in total. The summed E-state index contributed by atoms with van der Waals surface area (Å²) in [4.78, 5) is 14.8. The van der Waals surface area contributed by atoms with E-state index in [9.17, 15) is 13.6 Å². The van der Waals surface area contributed by atoms with Crippen LogP contribution in [0.4, 0.5) is 14.5 Å². The summed E-state index contributed by atoms with van der Waals surface area (Å²) in [6, 6.07) is 20.2. The fraction of sp³-hybridized carbons (Fsp3) is 0.136. The molecule has 1 aliphatic heterocycles. The molecular formula is C22H17F2NO. The molecule has 130 valence electrons. The van der Waals surface area contributed by atoms with Gasteiger partial charge in [0.05, 0.1) is 12.5 Å². The van der Waals surface area contributed by atoms with Crippen LogP contribution in [0.5, 0.6) is 0 Å². The first kappa shape index (κ1) is 16.5. The molecule has 2 nitrogen and oxygen atoms in total. The van der Waals surface area contributed by atoms with E-state index >= 15 is 0 Å². The third kappa shape index (κ3) is 3.10. The summed E-state index contributed by atoms with van der Waals surface area (Å²) in [5, 5.41) is 0. The zero-order valence-corrected chi connectivity index (χ0v) is 14.0. The van der Waals surface area contributed by atoms with E-state index in [4.69, 9.17) is 0 Å². The maximum Gasteiger partial charge on any atom is 0.235 e. The molecule has 1 heterocycles. The van der Waals surface area contributed by atoms with Crippen molar-refractivity contribution < 1.29 is 13.6 Å². The van der Waals surface area contributed by atoms with Gasteiger partial charge >= 0.3 is 0 Å². The number of nitrogens with zero attached hydrogens (tertiary/aromatic N) is 1. The third-order valence-corrected chi connectivity index (χ3v) is 4.77. The number of para-hydroxylation sites is 1. The summed E-state index contributed by atoms with van der Waals surface area (Å²) in [5.41, 5.74) is 3.65. The van der Waals surface area contributed by atoms with Crippen LogP contribution in [0.3, 0.4) is 0 Å². The van der Waals surface area contributed by atoms with Gasteiger partial charge in [-0.05, 0) is 53.4 Å². The van der Waals surface area contributed by atoms with Gasteiger partial charge in [0.25, 0.3) is 0 Å². The molecule has 0 saturated heterocycles. The van der Waals surface area contributed by atoms with Crippen LogP contribution in [-0.2, 0) is 17.8 Å². The Morgan fingerprint density at radius 1 is 0.769 bits per heavy atom. The smallest absolute Gasteiger partial charge is 0.235 e. The van der Waals surface area contributed by atoms with E-state index in [1.807, 2.05) is 24.3 Å². The fourth-order valence-electron chi connectivity index (χ4n) is 3.46. The van der Waals surface area contributed by atoms with Crippen molar-refractivity contribution in [1.29, 1.82) is 0 Å². The first-order valence-electron chi connectivity index (χ1n) is 8.51. The highest BCUT2D eigenvalue weighted by Crippen LogP contribution is 2.39. The van der Waals surface area contributed by atoms with E-state index in [1.165, 1.54) is 24.3 Å². The van der Waals surface area contributed by atoms with Crippen LogP contribution in [0.2, 0.25) is 0 Å². The largest absolute Gasteiger partial charge is 0.307 e. The maximum atomic E-state index is 13.1. The molecular weight excluding hydrogens is 332 g/mol. The maximum absolute atomic E-state index is 13.1. The highest BCUT2D eigenvalue weighted by molar-refractivity contribution is 6.05. The van der Waals surface area contributed by atoms with Crippen molar-refractivity contribution in [2.24, 2.45) is 0 Å². The number of carbonyl (C=O) groups is 1. The lowest BCUT2D eigenvalue weighted by Gasteiger charge is -2.18. The predicted molar refractivity (Wildman–Crippen MR) is 96.9 cm³/mol. The molecule has 26 heavy (non-hydrogen) atoms. The second-order valence-corrected chi connectivity index (χ2v) is 6.49. The average molecular weight is 349 g/mol. The van der Waals surface area contributed by atoms with E-state index in [0.29, 0.717) is 13.0 Å². The number of halogens is 2. The van der Waals surface area contributed by atoms with Crippen molar-refractivity contribution in [2.45, 2.75) is 18.9 Å². The number of amides is 1. The number of hydrogen-bond acceptors (Lipinski definition) is 1. The summed E-state index contributed by atoms with van der Waals surface area (Å²) in [6.45, 7) is 0.399. The van der Waals surface area contributed by atoms with E-state index in [1.54, 1.807) is 29.2 Å². The van der Waals surface area contributed by atoms with Gasteiger partial charge in [-0.25, -0.2) is 8.78 Å². The Hall–Kier alpha value is -3.01. The van der Waals surface area contributed by atoms with Gasteiger partial charge in [0.15, 0.2) is 0 Å². The minimum absolute atomic E-state index is 0.0137. The van der Waals surface area contributed by atoms with E-state index in [0.717, 1.165) is 22.4 Å². The van der Waals surface area contributed by atoms with E-state index < -0.39 is 0 Å². The molecule has 4 rings (SSSR count). The molecule has 3 aromatic carbocycles. The fourth-order valence-corrected chi connectivity index (χ4v) is 3.46. The summed E-state index contributed by atoms with van der Waals surface area (Å²) >= 11 is 0. The average Bonchev–Trinajstić information content (AvgIpc) is 2.91. The Labute approximate surface area is 150 Å². The van der Waals surface area contributed by atoms with Crippen molar-refractivity contribution in [3.05, 3.63) is 101 Å². The first-order valence-corrected chi connectivity index (χ1v) is 8.51. The topological polar surface area (TPSA) is 20.3 Å². The van der Waals surface area contributed by atoms with Gasteiger partial charge in [0.1, 0.15) is 11.6 Å². The lowest BCUT2D eigenvalue weighted by molar-refractivity contribution is -0.119. The number of fused-ring (bicyclic) bond motifs is 1. The van der Waals surface area contributed by atoms with Gasteiger partial charge in [0.2, 0.25) is 5.91 Å². The molecule has 1 aliphatic rings. The molecule has 1 unspecified atom stereocenters. The normalized spacial score (nSPS) is 16.0. The Balaban J connectivity index is 1.63. The van der Waals surface area contributed by atoms with Crippen molar-refractivity contribution in [1.82, 2.24) is 0 Å². The molecule has 0 radical (unpaired) electrons. The lowest BCUT2D eigenvalue weighted by atomic mass is 9.93. The lowest BCUT2D eigenvalue weighted by Crippen LogP contribution is -2.29. The molecule has 0 aromatic heterocycles. The number of rotatable bonds is 4. The molecule has 1 atom stereocenters. The molecule has 4 heteroatoms. The summed E-state index contributed by atoms with van der Waals surface area (Å²) in [5.74, 6) is -0.863. The van der Waals surface area contributed by atoms with Gasteiger partial charge in [-0.1, -0.05) is 42.5 Å². The Morgan fingerprint density at radius 3 is 2.00 bits per heavy atom. The van der Waals surface area contributed by atoms with Crippen molar-refractivity contribution in [2.75, 3.05) is 4.90 Å². The molecule has 0 bridgehead atoms. The molecule has 1 amide bonds. The number of carbonyl (C=O) groups excluding carboxylic acids is 1. The number of benzene rings is 3. The summed E-state index contributed by atoms with van der Waals surface area (Å²) in [6.07, 6.45) is 0.524. The van der Waals surface area contributed by atoms with Gasteiger partial charge in [-0.15, -0.1) is 0 Å². The van der Waals surface area contributed by atoms with Gasteiger partial charge < -0.3 is 4.90 Å². The van der Waals surface area contributed by atoms with Gasteiger partial charge in [0, 0.05) is 5.69 Å². The second kappa shape index (κ2) is 6.71. The van der Waals surface area contributed by atoms with Crippen LogP contribution in [-0.4, -0.2) is 5.91 Å². The summed E-state index contributed by atoms with van der Waals surface area (Å²) < 4.78 is 26.3. The number of hydrogen-bond donors (Lipinski definition) is 0. The monoisotopic (exact) mass is 349 g/mol. The molecule has 0 saturated carbocycles. The quantitative estimate of drug-likeness (QED) is 0.660. The second-order valence-electron chi connectivity index (χ2n) is 6.49.